The van der Waals surface area contributed by atoms with Crippen LogP contribution in [0.4, 0.5) is 0 Å². The number of carbonyl (C=O) groups is 4. The van der Waals surface area contributed by atoms with Gasteiger partial charge >= 0.3 is 5.97 Å². The predicted octanol–water partition coefficient (Wildman–Crippen LogP) is 4.16. The molecule has 0 aliphatic rings. The van der Waals surface area contributed by atoms with Gasteiger partial charge in [0.05, 0.1) is 18.7 Å². The zero-order valence-electron chi connectivity index (χ0n) is 21.9. The van der Waals surface area contributed by atoms with Crippen LogP contribution in [-0.4, -0.2) is 60.9 Å². The third-order valence-electron chi connectivity index (χ3n) is 6.46. The van der Waals surface area contributed by atoms with Crippen molar-refractivity contribution in [2.75, 3.05) is 19.7 Å². The number of rotatable bonds is 10. The Balaban J connectivity index is 5.77. The first-order chi connectivity index (χ1) is 14.2. The fraction of sp³-hybridized carbons (Fsp3) is 0.750. The molecule has 32 heavy (non-hydrogen) atoms. The quantitative estimate of drug-likeness (QED) is 0.209. The summed E-state index contributed by atoms with van der Waals surface area (Å²) >= 11 is 1.16. The number of ketones is 1. The maximum atomic E-state index is 13.1. The maximum Gasteiger partial charge on any atom is 0.319 e. The highest BCUT2D eigenvalue weighted by Crippen LogP contribution is 2.38. The number of thioether (sulfide) groups is 1. The number of hydrogen-bond donors (Lipinski definition) is 0. The monoisotopic (exact) mass is 465 g/mol. The van der Waals surface area contributed by atoms with Gasteiger partial charge in [0.2, 0.25) is 5.91 Å². The smallest absolute Gasteiger partial charge is 0.319 e. The van der Waals surface area contributed by atoms with E-state index in [0.717, 1.165) is 22.9 Å². The molecule has 0 aliphatic heterocycles. The van der Waals surface area contributed by atoms with Crippen molar-refractivity contribution in [1.29, 1.82) is 0 Å². The van der Waals surface area contributed by atoms with Gasteiger partial charge in [0.25, 0.3) is 0 Å². The zero-order valence-corrected chi connectivity index (χ0v) is 22.7. The SMILES string of the molecule is [B]CN(C)C(=O)C(C)(C)CC(=O)C(C)(C)C(=O)OC(C)(C)/C(C)=C(/C)C(C)(C)C(=O)SC. The molecule has 8 heteroatoms. The Morgan fingerprint density at radius 3 is 1.75 bits per heavy atom. The summed E-state index contributed by atoms with van der Waals surface area (Å²) in [6, 6.07) is 0. The maximum absolute atomic E-state index is 13.1. The number of hydrogen-bond acceptors (Lipinski definition) is 6. The van der Waals surface area contributed by atoms with Crippen LogP contribution < -0.4 is 0 Å². The lowest BCUT2D eigenvalue weighted by Crippen LogP contribution is -2.45. The third kappa shape index (κ3) is 6.72. The minimum atomic E-state index is -1.45. The molecule has 180 valence electrons. The number of carbonyl (C=O) groups excluding carboxylic acids is 4. The lowest BCUT2D eigenvalue weighted by Gasteiger charge is -2.36. The molecule has 0 atom stereocenters. The van der Waals surface area contributed by atoms with Crippen molar-refractivity contribution in [1.82, 2.24) is 4.90 Å². The molecule has 0 aromatic rings. The second-order valence-corrected chi connectivity index (χ2v) is 11.3. The van der Waals surface area contributed by atoms with Crippen LogP contribution in [0, 0.1) is 16.2 Å². The molecule has 0 bridgehead atoms. The van der Waals surface area contributed by atoms with Crippen molar-refractivity contribution >= 4 is 42.4 Å². The summed E-state index contributed by atoms with van der Waals surface area (Å²) in [6.07, 6.45) is 1.65. The molecule has 6 nitrogen and oxygen atoms in total. The number of Topliss-reactive ketones (excluding diaryl/α,β-unsaturated/α-hetero) is 1. The van der Waals surface area contributed by atoms with Gasteiger partial charge in [0.15, 0.2) is 10.9 Å². The second-order valence-electron chi connectivity index (χ2n) is 10.6. The van der Waals surface area contributed by atoms with E-state index in [4.69, 9.17) is 12.6 Å². The highest BCUT2D eigenvalue weighted by atomic mass is 32.2. The summed E-state index contributed by atoms with van der Waals surface area (Å²) in [7, 11) is 7.10. The molecule has 0 saturated heterocycles. The Labute approximate surface area is 199 Å². The number of amides is 1. The average Bonchev–Trinajstić information content (AvgIpc) is 2.69. The minimum absolute atomic E-state index is 0.0151. The number of esters is 1. The summed E-state index contributed by atoms with van der Waals surface area (Å²) in [5, 5.41) is 0.0151. The Hall–Kier alpha value is -1.57. The molecule has 0 aromatic heterocycles. The largest absolute Gasteiger partial charge is 0.454 e. The van der Waals surface area contributed by atoms with Crippen molar-refractivity contribution < 1.29 is 23.9 Å². The van der Waals surface area contributed by atoms with Gasteiger partial charge in [-0.1, -0.05) is 31.2 Å². The van der Waals surface area contributed by atoms with E-state index in [9.17, 15) is 19.2 Å². The van der Waals surface area contributed by atoms with E-state index in [1.807, 2.05) is 27.7 Å². The molecule has 0 unspecified atom stereocenters. The van der Waals surface area contributed by atoms with Gasteiger partial charge in [-0.15, -0.1) is 0 Å². The van der Waals surface area contributed by atoms with E-state index in [1.165, 1.54) is 18.7 Å². The van der Waals surface area contributed by atoms with Crippen LogP contribution in [0.1, 0.15) is 75.7 Å². The van der Waals surface area contributed by atoms with Crippen molar-refractivity contribution in [3.8, 4) is 0 Å². The van der Waals surface area contributed by atoms with Gasteiger partial charge in [-0.3, -0.25) is 19.2 Å². The van der Waals surface area contributed by atoms with Crippen LogP contribution >= 0.6 is 11.8 Å². The Morgan fingerprint density at radius 1 is 0.875 bits per heavy atom. The first kappa shape index (κ1) is 30.4. The minimum Gasteiger partial charge on any atom is -0.454 e. The molecule has 0 N–H and O–H groups in total. The van der Waals surface area contributed by atoms with Gasteiger partial charge in [0, 0.05) is 13.5 Å². The van der Waals surface area contributed by atoms with Crippen LogP contribution in [-0.2, 0) is 23.9 Å². The van der Waals surface area contributed by atoms with Crippen LogP contribution in [0.2, 0.25) is 0 Å². The van der Waals surface area contributed by atoms with E-state index < -0.39 is 33.6 Å². The zero-order chi connectivity index (χ0) is 25.9. The van der Waals surface area contributed by atoms with Gasteiger partial charge in [-0.2, -0.15) is 0 Å². The van der Waals surface area contributed by atoms with Crippen molar-refractivity contribution in [3.05, 3.63) is 11.1 Å². The van der Waals surface area contributed by atoms with Crippen molar-refractivity contribution in [2.24, 2.45) is 16.2 Å². The molecule has 0 rings (SSSR count). The van der Waals surface area contributed by atoms with Gasteiger partial charge in [-0.05, 0) is 73.7 Å². The molecule has 1 amide bonds. The summed E-state index contributed by atoms with van der Waals surface area (Å²) in [5.74, 6) is -1.34. The third-order valence-corrected chi connectivity index (χ3v) is 7.34. The highest BCUT2D eigenvalue weighted by Gasteiger charge is 2.45. The summed E-state index contributed by atoms with van der Waals surface area (Å²) in [6.45, 7) is 17.2. The highest BCUT2D eigenvalue weighted by molar-refractivity contribution is 8.13. The molecule has 0 saturated carbocycles. The summed E-state index contributed by atoms with van der Waals surface area (Å²) < 4.78 is 5.81. The molecule has 2 radical (unpaired) electrons. The van der Waals surface area contributed by atoms with Gasteiger partial charge in [-0.25, -0.2) is 0 Å². The van der Waals surface area contributed by atoms with Crippen LogP contribution in [0.5, 0.6) is 0 Å². The van der Waals surface area contributed by atoms with Gasteiger partial charge in [0.1, 0.15) is 11.0 Å². The molecule has 0 spiro atoms. The van der Waals surface area contributed by atoms with Crippen molar-refractivity contribution in [2.45, 2.75) is 81.3 Å². The van der Waals surface area contributed by atoms with E-state index in [1.54, 1.807) is 41.0 Å². The molecule has 0 aliphatic carbocycles. The molecular weight excluding hydrogens is 425 g/mol. The lowest BCUT2D eigenvalue weighted by molar-refractivity contribution is -0.168. The number of nitrogens with zero attached hydrogens (tertiary/aromatic N) is 1. The predicted molar refractivity (Wildman–Crippen MR) is 131 cm³/mol. The summed E-state index contributed by atoms with van der Waals surface area (Å²) in [5.41, 5.74) is -2.64. The Morgan fingerprint density at radius 2 is 1.34 bits per heavy atom. The fourth-order valence-electron chi connectivity index (χ4n) is 3.18. The standard InChI is InChI=1S/C24H40BNO5S/c1-15(22(5,6)20(30)32-12)16(2)24(9,10)31-19(29)23(7,8)17(27)13-21(3,4)18(28)26(11)14-25/h13-14H2,1-12H3/b16-15-. The second kappa shape index (κ2) is 10.6. The number of ether oxygens (including phenoxy) is 1. The molecule has 0 heterocycles. The van der Waals surface area contributed by atoms with E-state index in [2.05, 4.69) is 0 Å². The normalized spacial score (nSPS) is 13.9. The van der Waals surface area contributed by atoms with Crippen LogP contribution in [0.15, 0.2) is 11.1 Å². The molecule has 0 fully saturated rings. The van der Waals surface area contributed by atoms with Crippen LogP contribution in [0.25, 0.3) is 0 Å². The van der Waals surface area contributed by atoms with E-state index in [0.29, 0.717) is 0 Å². The Bertz CT molecular complexity index is 796. The molecule has 0 aromatic carbocycles. The summed E-state index contributed by atoms with van der Waals surface area (Å²) in [4.78, 5) is 52.4. The lowest BCUT2D eigenvalue weighted by atomic mass is 9.76. The van der Waals surface area contributed by atoms with E-state index in [-0.39, 0.29) is 23.9 Å². The van der Waals surface area contributed by atoms with Crippen molar-refractivity contribution in [3.63, 3.8) is 0 Å². The number of allylic oxidation sites excluding steroid dienone is 1. The van der Waals surface area contributed by atoms with Gasteiger partial charge < -0.3 is 9.64 Å². The molecular formula is C24H40BNO5S. The van der Waals surface area contributed by atoms with E-state index >= 15 is 0 Å². The topological polar surface area (TPSA) is 80.8 Å². The Kier molecular flexibility index (Phi) is 10.1. The van der Waals surface area contributed by atoms with Crippen LogP contribution in [0.3, 0.4) is 0 Å². The average molecular weight is 465 g/mol. The first-order valence-corrected chi connectivity index (χ1v) is 11.9. The first-order valence-electron chi connectivity index (χ1n) is 10.7. The fourth-order valence-corrected chi connectivity index (χ4v) is 3.84.